The van der Waals surface area contributed by atoms with Gasteiger partial charge in [-0.15, -0.1) is 0 Å². The van der Waals surface area contributed by atoms with Crippen LogP contribution < -0.4 is 11.1 Å². The van der Waals surface area contributed by atoms with E-state index in [2.05, 4.69) is 5.32 Å². The van der Waals surface area contributed by atoms with Crippen LogP contribution in [0.5, 0.6) is 0 Å². The van der Waals surface area contributed by atoms with Crippen molar-refractivity contribution in [2.75, 3.05) is 0 Å². The van der Waals surface area contributed by atoms with Gasteiger partial charge in [0.05, 0.1) is 5.41 Å². The molecule has 1 fully saturated rings. The average molecular weight is 228 g/mol. The van der Waals surface area contributed by atoms with Crippen molar-refractivity contribution in [1.29, 1.82) is 0 Å². The lowest BCUT2D eigenvalue weighted by atomic mass is 9.85. The minimum Gasteiger partial charge on any atom is -0.481 e. The Bertz CT molecular complexity index is 291. The molecule has 0 radical (unpaired) electrons. The van der Waals surface area contributed by atoms with Gasteiger partial charge in [0.2, 0.25) is 5.91 Å². The summed E-state index contributed by atoms with van der Waals surface area (Å²) in [6.45, 7) is 3.45. The third-order valence-electron chi connectivity index (χ3n) is 3.29. The van der Waals surface area contributed by atoms with Gasteiger partial charge in [-0.05, 0) is 26.7 Å². The topological polar surface area (TPSA) is 92.4 Å². The van der Waals surface area contributed by atoms with Crippen molar-refractivity contribution in [2.24, 2.45) is 11.1 Å². The molecule has 3 unspecified atom stereocenters. The average Bonchev–Trinajstić information content (AvgIpc) is 2.47. The van der Waals surface area contributed by atoms with E-state index in [-0.39, 0.29) is 24.4 Å². The summed E-state index contributed by atoms with van der Waals surface area (Å²) in [5.74, 6) is -0.995. The van der Waals surface area contributed by atoms with Gasteiger partial charge in [-0.3, -0.25) is 9.59 Å². The second kappa shape index (κ2) is 4.82. The number of nitrogens with two attached hydrogens (primary N) is 1. The van der Waals surface area contributed by atoms with Crippen LogP contribution in [-0.2, 0) is 9.59 Å². The van der Waals surface area contributed by atoms with E-state index in [1.165, 1.54) is 0 Å². The molecule has 1 aliphatic carbocycles. The Morgan fingerprint density at radius 3 is 2.75 bits per heavy atom. The Kier molecular flexibility index (Phi) is 3.91. The van der Waals surface area contributed by atoms with E-state index in [9.17, 15) is 9.59 Å². The molecule has 16 heavy (non-hydrogen) atoms. The van der Waals surface area contributed by atoms with E-state index in [0.717, 1.165) is 12.8 Å². The van der Waals surface area contributed by atoms with Crippen LogP contribution in [0, 0.1) is 5.41 Å². The Morgan fingerprint density at radius 2 is 2.25 bits per heavy atom. The molecular formula is C11H20N2O3. The molecule has 5 nitrogen and oxygen atoms in total. The van der Waals surface area contributed by atoms with Gasteiger partial charge in [0.15, 0.2) is 0 Å². The van der Waals surface area contributed by atoms with Gasteiger partial charge in [0, 0.05) is 18.5 Å². The largest absolute Gasteiger partial charge is 0.481 e. The summed E-state index contributed by atoms with van der Waals surface area (Å²) in [5.41, 5.74) is 4.69. The minimum atomic E-state index is -0.837. The summed E-state index contributed by atoms with van der Waals surface area (Å²) in [7, 11) is 0. The predicted molar refractivity (Wildman–Crippen MR) is 59.8 cm³/mol. The second-order valence-electron chi connectivity index (χ2n) is 4.92. The van der Waals surface area contributed by atoms with Gasteiger partial charge in [-0.25, -0.2) is 0 Å². The number of nitrogens with one attached hydrogen (secondary N) is 1. The summed E-state index contributed by atoms with van der Waals surface area (Å²) >= 11 is 0. The van der Waals surface area contributed by atoms with E-state index in [1.54, 1.807) is 13.8 Å². The standard InChI is InChI=1S/C11H20N2O3/c1-7(12)6-9(14)13-8-4-3-5-11(8,2)10(15)16/h7-8H,3-6,12H2,1-2H3,(H,13,14)(H,15,16). The predicted octanol–water partition coefficient (Wildman–Crippen LogP) is 0.483. The summed E-state index contributed by atoms with van der Waals surface area (Å²) in [4.78, 5) is 22.7. The van der Waals surface area contributed by atoms with Crippen LogP contribution in [-0.4, -0.2) is 29.1 Å². The first kappa shape index (κ1) is 13.0. The molecule has 0 aromatic carbocycles. The minimum absolute atomic E-state index is 0.158. The maximum Gasteiger partial charge on any atom is 0.311 e. The van der Waals surface area contributed by atoms with Crippen LogP contribution in [0.1, 0.15) is 39.5 Å². The summed E-state index contributed by atoms with van der Waals surface area (Å²) in [6, 6.07) is -0.464. The number of carbonyl (C=O) groups excluding carboxylic acids is 1. The molecular weight excluding hydrogens is 208 g/mol. The van der Waals surface area contributed by atoms with Crippen molar-refractivity contribution in [3.05, 3.63) is 0 Å². The highest BCUT2D eigenvalue weighted by Gasteiger charge is 2.45. The normalized spacial score (nSPS) is 31.1. The molecule has 0 aliphatic heterocycles. The highest BCUT2D eigenvalue weighted by Crippen LogP contribution is 2.38. The molecule has 5 heteroatoms. The molecule has 0 bridgehead atoms. The molecule has 1 rings (SSSR count). The highest BCUT2D eigenvalue weighted by atomic mass is 16.4. The van der Waals surface area contributed by atoms with Gasteiger partial charge < -0.3 is 16.2 Å². The number of carboxylic acids is 1. The number of hydrogen-bond acceptors (Lipinski definition) is 3. The lowest BCUT2D eigenvalue weighted by Gasteiger charge is -2.27. The lowest BCUT2D eigenvalue weighted by molar-refractivity contribution is -0.149. The molecule has 1 amide bonds. The van der Waals surface area contributed by atoms with Crippen LogP contribution >= 0.6 is 0 Å². The fraction of sp³-hybridized carbons (Fsp3) is 0.818. The molecule has 0 aromatic rings. The summed E-state index contributed by atoms with van der Waals surface area (Å²) in [6.07, 6.45) is 2.43. The van der Waals surface area contributed by atoms with E-state index >= 15 is 0 Å². The highest BCUT2D eigenvalue weighted by molar-refractivity contribution is 5.80. The van der Waals surface area contributed by atoms with Gasteiger partial charge >= 0.3 is 5.97 Å². The van der Waals surface area contributed by atoms with Crippen LogP contribution in [0.2, 0.25) is 0 Å². The van der Waals surface area contributed by atoms with E-state index in [1.807, 2.05) is 0 Å². The Morgan fingerprint density at radius 1 is 1.62 bits per heavy atom. The van der Waals surface area contributed by atoms with Crippen molar-refractivity contribution < 1.29 is 14.7 Å². The molecule has 0 aromatic heterocycles. The quantitative estimate of drug-likeness (QED) is 0.652. The molecule has 0 spiro atoms. The molecule has 0 saturated heterocycles. The molecule has 1 aliphatic rings. The number of amides is 1. The Hall–Kier alpha value is -1.10. The SMILES string of the molecule is CC(N)CC(=O)NC1CCCC1(C)C(=O)O. The smallest absolute Gasteiger partial charge is 0.311 e. The fourth-order valence-electron chi connectivity index (χ4n) is 2.20. The first-order valence-corrected chi connectivity index (χ1v) is 5.64. The van der Waals surface area contributed by atoms with Crippen molar-refractivity contribution in [2.45, 2.75) is 51.6 Å². The molecule has 1 saturated carbocycles. The van der Waals surface area contributed by atoms with Crippen LogP contribution in [0.3, 0.4) is 0 Å². The van der Waals surface area contributed by atoms with Gasteiger partial charge in [-0.2, -0.15) is 0 Å². The monoisotopic (exact) mass is 228 g/mol. The van der Waals surface area contributed by atoms with Gasteiger partial charge in [0.25, 0.3) is 0 Å². The number of aliphatic carboxylic acids is 1. The zero-order valence-electron chi connectivity index (χ0n) is 9.82. The Labute approximate surface area is 95.4 Å². The second-order valence-corrected chi connectivity index (χ2v) is 4.92. The van der Waals surface area contributed by atoms with Crippen LogP contribution in [0.15, 0.2) is 0 Å². The van der Waals surface area contributed by atoms with E-state index in [0.29, 0.717) is 6.42 Å². The van der Waals surface area contributed by atoms with Crippen LogP contribution in [0.4, 0.5) is 0 Å². The zero-order valence-corrected chi connectivity index (χ0v) is 9.82. The van der Waals surface area contributed by atoms with Gasteiger partial charge in [0.1, 0.15) is 0 Å². The van der Waals surface area contributed by atoms with Crippen LogP contribution in [0.25, 0.3) is 0 Å². The first-order valence-electron chi connectivity index (χ1n) is 5.64. The Balaban J connectivity index is 2.60. The van der Waals surface area contributed by atoms with Crippen molar-refractivity contribution in [3.63, 3.8) is 0 Å². The van der Waals surface area contributed by atoms with E-state index < -0.39 is 11.4 Å². The first-order chi connectivity index (χ1) is 7.36. The molecule has 0 heterocycles. The van der Waals surface area contributed by atoms with Crippen molar-refractivity contribution >= 4 is 11.9 Å². The number of hydrogen-bond donors (Lipinski definition) is 3. The number of rotatable bonds is 4. The van der Waals surface area contributed by atoms with Gasteiger partial charge in [-0.1, -0.05) is 6.42 Å². The molecule has 3 atom stereocenters. The number of carbonyl (C=O) groups is 2. The number of carboxylic acid groups (broad SMARTS) is 1. The summed E-state index contributed by atoms with van der Waals surface area (Å²) < 4.78 is 0. The van der Waals surface area contributed by atoms with Crippen molar-refractivity contribution in [3.8, 4) is 0 Å². The van der Waals surface area contributed by atoms with E-state index in [4.69, 9.17) is 10.8 Å². The van der Waals surface area contributed by atoms with Crippen molar-refractivity contribution in [1.82, 2.24) is 5.32 Å². The fourth-order valence-corrected chi connectivity index (χ4v) is 2.20. The lowest BCUT2D eigenvalue weighted by Crippen LogP contribution is -2.47. The maximum absolute atomic E-state index is 11.5. The third-order valence-corrected chi connectivity index (χ3v) is 3.29. The molecule has 92 valence electrons. The zero-order chi connectivity index (χ0) is 12.3. The maximum atomic E-state index is 11.5. The third kappa shape index (κ3) is 2.72. The molecule has 4 N–H and O–H groups in total. The summed E-state index contributed by atoms with van der Waals surface area (Å²) in [5, 5.41) is 11.9.